The molecule has 2 aromatic carbocycles. The van der Waals surface area contributed by atoms with E-state index >= 15 is 0 Å². The number of nitrogens with one attached hydrogen (secondary N) is 1. The van der Waals surface area contributed by atoms with Crippen molar-refractivity contribution in [2.45, 2.75) is 4.90 Å². The van der Waals surface area contributed by atoms with Gasteiger partial charge in [0.15, 0.2) is 0 Å². The number of halogens is 1. The molecule has 0 aromatic heterocycles. The van der Waals surface area contributed by atoms with Crippen molar-refractivity contribution >= 4 is 38.9 Å². The molecule has 0 atom stereocenters. The Morgan fingerprint density at radius 2 is 1.58 bits per heavy atom. The minimum atomic E-state index is -3.74. The van der Waals surface area contributed by atoms with E-state index in [2.05, 4.69) is 5.32 Å². The molecule has 0 unspecified atom stereocenters. The third kappa shape index (κ3) is 4.86. The van der Waals surface area contributed by atoms with Gasteiger partial charge in [-0.2, -0.15) is 4.31 Å². The first-order valence-corrected chi connectivity index (χ1v) is 11.9. The first-order chi connectivity index (χ1) is 15.0. The second-order valence-electron chi connectivity index (χ2n) is 7.23. The van der Waals surface area contributed by atoms with Crippen LogP contribution in [0.2, 0.25) is 5.02 Å². The maximum atomic E-state index is 13.2. The molecule has 0 radical (unpaired) electrons. The molecule has 1 amide bonds. The Labute approximate surface area is 186 Å². The van der Waals surface area contributed by atoms with Gasteiger partial charge in [0, 0.05) is 31.9 Å². The molecule has 0 spiro atoms. The fraction of sp³-hybridized carbons (Fsp3) is 0.381. The smallest absolute Gasteiger partial charge is 0.257 e. The van der Waals surface area contributed by atoms with Crippen LogP contribution in [0, 0.1) is 0 Å². The molecule has 0 saturated carbocycles. The van der Waals surface area contributed by atoms with Crippen LogP contribution in [0.4, 0.5) is 11.4 Å². The summed E-state index contributed by atoms with van der Waals surface area (Å²) >= 11 is 6.19. The Bertz CT molecular complexity index is 1050. The summed E-state index contributed by atoms with van der Waals surface area (Å²) in [6.07, 6.45) is 0. The predicted molar refractivity (Wildman–Crippen MR) is 118 cm³/mol. The highest BCUT2D eigenvalue weighted by atomic mass is 35.5. The predicted octanol–water partition coefficient (Wildman–Crippen LogP) is 2.45. The van der Waals surface area contributed by atoms with Crippen molar-refractivity contribution < 1.29 is 22.7 Å². The van der Waals surface area contributed by atoms with E-state index in [1.165, 1.54) is 10.4 Å². The van der Waals surface area contributed by atoms with Gasteiger partial charge in [0.2, 0.25) is 10.0 Å². The van der Waals surface area contributed by atoms with E-state index in [0.717, 1.165) is 0 Å². The van der Waals surface area contributed by atoms with Crippen LogP contribution in [-0.4, -0.2) is 71.2 Å². The molecular weight excluding hydrogens is 442 g/mol. The largest absolute Gasteiger partial charge is 0.379 e. The van der Waals surface area contributed by atoms with Crippen molar-refractivity contribution in [3.05, 3.63) is 53.1 Å². The zero-order valence-corrected chi connectivity index (χ0v) is 18.5. The molecule has 2 aliphatic heterocycles. The second kappa shape index (κ2) is 9.54. The molecule has 2 heterocycles. The monoisotopic (exact) mass is 465 g/mol. The molecule has 0 aliphatic carbocycles. The lowest BCUT2D eigenvalue weighted by atomic mass is 10.1. The van der Waals surface area contributed by atoms with Crippen molar-refractivity contribution in [2.75, 3.05) is 62.8 Å². The van der Waals surface area contributed by atoms with Crippen LogP contribution in [0.5, 0.6) is 0 Å². The van der Waals surface area contributed by atoms with Crippen LogP contribution < -0.4 is 10.2 Å². The van der Waals surface area contributed by atoms with E-state index in [0.29, 0.717) is 55.9 Å². The Morgan fingerprint density at radius 3 is 2.26 bits per heavy atom. The van der Waals surface area contributed by atoms with E-state index < -0.39 is 15.9 Å². The third-order valence-electron chi connectivity index (χ3n) is 5.29. The number of carbonyl (C=O) groups excluding carboxylic acids is 1. The fourth-order valence-electron chi connectivity index (χ4n) is 3.63. The highest BCUT2D eigenvalue weighted by Crippen LogP contribution is 2.29. The Morgan fingerprint density at radius 1 is 0.935 bits per heavy atom. The maximum absolute atomic E-state index is 13.2. The zero-order valence-electron chi connectivity index (χ0n) is 16.9. The molecule has 2 fully saturated rings. The molecule has 2 aliphatic rings. The summed E-state index contributed by atoms with van der Waals surface area (Å²) in [7, 11) is -3.74. The molecule has 31 heavy (non-hydrogen) atoms. The van der Waals surface area contributed by atoms with Gasteiger partial charge in [-0.25, -0.2) is 8.42 Å². The van der Waals surface area contributed by atoms with Gasteiger partial charge in [-0.15, -0.1) is 0 Å². The van der Waals surface area contributed by atoms with Crippen LogP contribution in [0.15, 0.2) is 47.4 Å². The quantitative estimate of drug-likeness (QED) is 0.729. The lowest BCUT2D eigenvalue weighted by molar-refractivity contribution is 0.0730. The van der Waals surface area contributed by atoms with Gasteiger partial charge >= 0.3 is 0 Å². The normalized spacial score (nSPS) is 18.0. The molecule has 8 nitrogen and oxygen atoms in total. The van der Waals surface area contributed by atoms with Gasteiger partial charge in [-0.05, 0) is 30.3 Å². The number of anilines is 2. The molecule has 2 aromatic rings. The Hall–Kier alpha value is -2.17. The summed E-state index contributed by atoms with van der Waals surface area (Å²) in [6, 6.07) is 11.6. The van der Waals surface area contributed by atoms with Crippen molar-refractivity contribution in [1.29, 1.82) is 0 Å². The van der Waals surface area contributed by atoms with Gasteiger partial charge in [0.1, 0.15) is 0 Å². The molecule has 0 bridgehead atoms. The van der Waals surface area contributed by atoms with Crippen molar-refractivity contribution in [3.8, 4) is 0 Å². The van der Waals surface area contributed by atoms with E-state index in [1.54, 1.807) is 36.4 Å². The van der Waals surface area contributed by atoms with E-state index in [-0.39, 0.29) is 23.5 Å². The number of ether oxygens (including phenoxy) is 2. The minimum Gasteiger partial charge on any atom is -0.379 e. The lowest BCUT2D eigenvalue weighted by Gasteiger charge is -2.31. The molecule has 1 N–H and O–H groups in total. The van der Waals surface area contributed by atoms with Crippen LogP contribution >= 0.6 is 11.6 Å². The van der Waals surface area contributed by atoms with E-state index in [9.17, 15) is 13.2 Å². The van der Waals surface area contributed by atoms with Gasteiger partial charge in [-0.1, -0.05) is 23.7 Å². The number of benzene rings is 2. The maximum Gasteiger partial charge on any atom is 0.257 e. The average Bonchev–Trinajstić information content (AvgIpc) is 2.81. The Balaban J connectivity index is 1.71. The fourth-order valence-corrected chi connectivity index (χ4v) is 5.24. The van der Waals surface area contributed by atoms with E-state index in [1.807, 2.05) is 4.90 Å². The number of amides is 1. The zero-order chi connectivity index (χ0) is 21.8. The van der Waals surface area contributed by atoms with Crippen LogP contribution in [0.3, 0.4) is 0 Å². The lowest BCUT2D eigenvalue weighted by Crippen LogP contribution is -2.41. The Kier molecular flexibility index (Phi) is 6.78. The summed E-state index contributed by atoms with van der Waals surface area (Å²) in [5.74, 6) is -0.423. The first kappa shape index (κ1) is 22.0. The van der Waals surface area contributed by atoms with Crippen molar-refractivity contribution in [3.63, 3.8) is 0 Å². The first-order valence-electron chi connectivity index (χ1n) is 10.1. The molecule has 4 rings (SSSR count). The number of para-hydroxylation sites is 1. The van der Waals surface area contributed by atoms with Gasteiger partial charge in [0.05, 0.1) is 47.6 Å². The summed E-state index contributed by atoms with van der Waals surface area (Å²) in [5, 5.41) is 3.21. The number of hydrogen-bond acceptors (Lipinski definition) is 6. The summed E-state index contributed by atoms with van der Waals surface area (Å²) in [5.41, 5.74) is 1.40. The van der Waals surface area contributed by atoms with Crippen LogP contribution in [0.1, 0.15) is 10.4 Å². The van der Waals surface area contributed by atoms with Crippen LogP contribution in [0.25, 0.3) is 0 Å². The van der Waals surface area contributed by atoms with Crippen molar-refractivity contribution in [2.24, 2.45) is 0 Å². The van der Waals surface area contributed by atoms with Gasteiger partial charge in [0.25, 0.3) is 5.91 Å². The molecule has 10 heteroatoms. The standard InChI is InChI=1S/C21H24ClN3O5S/c22-18-3-1-2-4-19(18)23-21(26)17-15-16(31(27,28)25-9-13-30-14-10-25)5-6-20(17)24-7-11-29-12-8-24/h1-6,15H,7-14H2,(H,23,26). The van der Waals surface area contributed by atoms with Gasteiger partial charge < -0.3 is 19.7 Å². The second-order valence-corrected chi connectivity index (χ2v) is 9.57. The summed E-state index contributed by atoms with van der Waals surface area (Å²) in [4.78, 5) is 15.3. The number of carbonyl (C=O) groups is 1. The number of nitrogens with zero attached hydrogens (tertiary/aromatic N) is 2. The molecular formula is C21H24ClN3O5S. The topological polar surface area (TPSA) is 88.2 Å². The highest BCUT2D eigenvalue weighted by Gasteiger charge is 2.29. The summed E-state index contributed by atoms with van der Waals surface area (Å²) in [6.45, 7) is 3.59. The number of hydrogen-bond donors (Lipinski definition) is 1. The third-order valence-corrected chi connectivity index (χ3v) is 7.52. The minimum absolute atomic E-state index is 0.0794. The van der Waals surface area contributed by atoms with Crippen molar-refractivity contribution in [1.82, 2.24) is 4.31 Å². The van der Waals surface area contributed by atoms with E-state index in [4.69, 9.17) is 21.1 Å². The molecule has 166 valence electrons. The SMILES string of the molecule is O=C(Nc1ccccc1Cl)c1cc(S(=O)(=O)N2CCOCC2)ccc1N1CCOCC1. The average molecular weight is 466 g/mol. The number of sulfonamides is 1. The number of morpholine rings is 2. The highest BCUT2D eigenvalue weighted by molar-refractivity contribution is 7.89. The van der Waals surface area contributed by atoms with Gasteiger partial charge in [-0.3, -0.25) is 4.79 Å². The molecule has 2 saturated heterocycles. The van der Waals surface area contributed by atoms with Crippen LogP contribution in [-0.2, 0) is 19.5 Å². The number of rotatable bonds is 5. The summed E-state index contributed by atoms with van der Waals surface area (Å²) < 4.78 is 38.4.